The van der Waals surface area contributed by atoms with Crippen LogP contribution in [0.1, 0.15) is 38.1 Å². The van der Waals surface area contributed by atoms with Gasteiger partial charge in [-0.15, -0.1) is 0 Å². The van der Waals surface area contributed by atoms with Crippen LogP contribution in [0.15, 0.2) is 40.9 Å². The molecular formula is C26H30Cl2N4O4. The maximum absolute atomic E-state index is 12.9. The van der Waals surface area contributed by atoms with Gasteiger partial charge in [-0.1, -0.05) is 34.4 Å². The molecule has 36 heavy (non-hydrogen) atoms. The SMILES string of the molecule is CCOc1ccc(CNC(=O)C2CCCN(Cc3nc(-c4ccc(Cl)cc4Cl)no3)C2)cc1OCC. The lowest BCUT2D eigenvalue weighted by molar-refractivity contribution is -0.127. The largest absolute Gasteiger partial charge is 0.490 e. The van der Waals surface area contributed by atoms with Gasteiger partial charge in [-0.2, -0.15) is 4.98 Å². The van der Waals surface area contributed by atoms with Gasteiger partial charge in [-0.05, 0) is 69.1 Å². The van der Waals surface area contributed by atoms with E-state index < -0.39 is 0 Å². The highest BCUT2D eigenvalue weighted by atomic mass is 35.5. The first-order valence-electron chi connectivity index (χ1n) is 12.1. The van der Waals surface area contributed by atoms with Crippen LogP contribution < -0.4 is 14.8 Å². The van der Waals surface area contributed by atoms with Crippen LogP contribution >= 0.6 is 23.2 Å². The molecule has 8 nitrogen and oxygen atoms in total. The summed E-state index contributed by atoms with van der Waals surface area (Å²) in [5.41, 5.74) is 1.62. The first kappa shape index (κ1) is 26.3. The van der Waals surface area contributed by atoms with E-state index in [-0.39, 0.29) is 11.8 Å². The van der Waals surface area contributed by atoms with Gasteiger partial charge in [-0.25, -0.2) is 0 Å². The molecule has 10 heteroatoms. The predicted molar refractivity (Wildman–Crippen MR) is 138 cm³/mol. The molecule has 1 N–H and O–H groups in total. The van der Waals surface area contributed by atoms with Gasteiger partial charge in [0.05, 0.1) is 30.7 Å². The van der Waals surface area contributed by atoms with Crippen molar-refractivity contribution >= 4 is 29.1 Å². The average molecular weight is 533 g/mol. The van der Waals surface area contributed by atoms with Crippen molar-refractivity contribution in [1.82, 2.24) is 20.4 Å². The van der Waals surface area contributed by atoms with E-state index in [1.807, 2.05) is 32.0 Å². The molecule has 192 valence electrons. The highest BCUT2D eigenvalue weighted by Gasteiger charge is 2.27. The van der Waals surface area contributed by atoms with Crippen LogP contribution in [0.5, 0.6) is 11.5 Å². The second-order valence-corrected chi connectivity index (χ2v) is 9.42. The van der Waals surface area contributed by atoms with Crippen LogP contribution in [0.4, 0.5) is 0 Å². The van der Waals surface area contributed by atoms with Crippen LogP contribution in [-0.2, 0) is 17.9 Å². The van der Waals surface area contributed by atoms with E-state index in [0.29, 0.717) is 71.7 Å². The van der Waals surface area contributed by atoms with Crippen molar-refractivity contribution < 1.29 is 18.8 Å². The smallest absolute Gasteiger partial charge is 0.241 e. The summed E-state index contributed by atoms with van der Waals surface area (Å²) in [6.07, 6.45) is 1.75. The number of rotatable bonds is 10. The Balaban J connectivity index is 1.32. The zero-order valence-electron chi connectivity index (χ0n) is 20.4. The third-order valence-corrected chi connectivity index (χ3v) is 6.50. The lowest BCUT2D eigenvalue weighted by Gasteiger charge is -2.30. The molecule has 0 saturated carbocycles. The Kier molecular flexibility index (Phi) is 9.07. The van der Waals surface area contributed by atoms with Crippen molar-refractivity contribution in [2.24, 2.45) is 5.92 Å². The number of ether oxygens (including phenoxy) is 2. The molecule has 1 saturated heterocycles. The molecule has 1 aromatic heterocycles. The number of hydrogen-bond acceptors (Lipinski definition) is 7. The van der Waals surface area contributed by atoms with Gasteiger partial charge in [-0.3, -0.25) is 9.69 Å². The van der Waals surface area contributed by atoms with E-state index in [9.17, 15) is 4.79 Å². The topological polar surface area (TPSA) is 89.7 Å². The maximum atomic E-state index is 12.9. The second kappa shape index (κ2) is 12.4. The number of nitrogens with one attached hydrogen (secondary N) is 1. The molecule has 0 aliphatic carbocycles. The molecule has 2 aromatic carbocycles. The standard InChI is InChI=1S/C26H30Cl2N4O4/c1-3-34-22-10-7-17(12-23(22)35-4-2)14-29-26(33)18-6-5-11-32(15-18)16-24-30-25(31-36-24)20-9-8-19(27)13-21(20)28/h7-10,12-13,18H,3-6,11,14-16H2,1-2H3,(H,29,33). The Morgan fingerprint density at radius 2 is 1.94 bits per heavy atom. The predicted octanol–water partition coefficient (Wildman–Crippen LogP) is 5.37. The summed E-state index contributed by atoms with van der Waals surface area (Å²) < 4.78 is 16.8. The minimum Gasteiger partial charge on any atom is -0.490 e. The Morgan fingerprint density at radius 3 is 2.72 bits per heavy atom. The Labute approximate surface area is 220 Å². The number of hydrogen-bond donors (Lipinski definition) is 1. The number of amides is 1. The maximum Gasteiger partial charge on any atom is 0.241 e. The summed E-state index contributed by atoms with van der Waals surface area (Å²) in [7, 11) is 0. The number of benzene rings is 2. The summed E-state index contributed by atoms with van der Waals surface area (Å²) in [5, 5.41) is 8.14. The minimum absolute atomic E-state index is 0.0331. The number of aromatic nitrogens is 2. The quantitative estimate of drug-likeness (QED) is 0.375. The van der Waals surface area contributed by atoms with E-state index in [1.165, 1.54) is 0 Å². The molecule has 1 unspecified atom stereocenters. The molecule has 1 amide bonds. The summed E-state index contributed by atoms with van der Waals surface area (Å²) >= 11 is 12.2. The molecule has 0 radical (unpaired) electrons. The fourth-order valence-electron chi connectivity index (χ4n) is 4.24. The van der Waals surface area contributed by atoms with Crippen molar-refractivity contribution in [3.63, 3.8) is 0 Å². The van der Waals surface area contributed by atoms with Crippen molar-refractivity contribution in [1.29, 1.82) is 0 Å². The highest BCUT2D eigenvalue weighted by molar-refractivity contribution is 6.36. The molecular weight excluding hydrogens is 503 g/mol. The van der Waals surface area contributed by atoms with Gasteiger partial charge in [0.1, 0.15) is 0 Å². The number of nitrogens with zero attached hydrogens (tertiary/aromatic N) is 3. The zero-order valence-corrected chi connectivity index (χ0v) is 21.9. The van der Waals surface area contributed by atoms with Crippen molar-refractivity contribution in [2.75, 3.05) is 26.3 Å². The molecule has 1 aliphatic heterocycles. The average Bonchev–Trinajstić information content (AvgIpc) is 3.32. The molecule has 1 aliphatic rings. The second-order valence-electron chi connectivity index (χ2n) is 8.58. The molecule has 3 aromatic rings. The monoisotopic (exact) mass is 532 g/mol. The molecule has 0 bridgehead atoms. The Hall–Kier alpha value is -2.81. The number of carbonyl (C=O) groups excluding carboxylic acids is 1. The summed E-state index contributed by atoms with van der Waals surface area (Å²) in [5.74, 6) is 2.22. The lowest BCUT2D eigenvalue weighted by atomic mass is 9.97. The number of carbonyl (C=O) groups is 1. The van der Waals surface area contributed by atoms with Crippen molar-refractivity contribution in [3.8, 4) is 22.9 Å². The summed E-state index contributed by atoms with van der Waals surface area (Å²) in [6, 6.07) is 10.9. The van der Waals surface area contributed by atoms with Crippen LogP contribution in [0.25, 0.3) is 11.4 Å². The van der Waals surface area contributed by atoms with Gasteiger partial charge in [0.25, 0.3) is 0 Å². The Bertz CT molecular complexity index is 1190. The fourth-order valence-corrected chi connectivity index (χ4v) is 4.74. The molecule has 2 heterocycles. The number of likely N-dealkylation sites (tertiary alicyclic amines) is 1. The van der Waals surface area contributed by atoms with Gasteiger partial charge in [0.2, 0.25) is 17.6 Å². The minimum atomic E-state index is -0.110. The van der Waals surface area contributed by atoms with E-state index in [0.717, 1.165) is 24.9 Å². The lowest BCUT2D eigenvalue weighted by Crippen LogP contribution is -2.42. The number of piperidine rings is 1. The molecule has 4 rings (SSSR count). The molecule has 1 atom stereocenters. The van der Waals surface area contributed by atoms with Gasteiger partial charge >= 0.3 is 0 Å². The van der Waals surface area contributed by atoms with Crippen LogP contribution in [0.3, 0.4) is 0 Å². The summed E-state index contributed by atoms with van der Waals surface area (Å²) in [6.45, 7) is 7.36. The van der Waals surface area contributed by atoms with E-state index in [1.54, 1.807) is 18.2 Å². The van der Waals surface area contributed by atoms with Crippen LogP contribution in [0, 0.1) is 5.92 Å². The fraction of sp³-hybridized carbons (Fsp3) is 0.423. The van der Waals surface area contributed by atoms with E-state index in [4.69, 9.17) is 37.2 Å². The van der Waals surface area contributed by atoms with Crippen molar-refractivity contribution in [3.05, 3.63) is 57.9 Å². The molecule has 0 spiro atoms. The molecule has 1 fully saturated rings. The number of halogens is 2. The van der Waals surface area contributed by atoms with Gasteiger partial charge in [0, 0.05) is 23.7 Å². The first-order chi connectivity index (χ1) is 17.5. The van der Waals surface area contributed by atoms with E-state index in [2.05, 4.69) is 20.4 Å². The van der Waals surface area contributed by atoms with Gasteiger partial charge in [0.15, 0.2) is 11.5 Å². The van der Waals surface area contributed by atoms with Gasteiger partial charge < -0.3 is 19.3 Å². The van der Waals surface area contributed by atoms with Crippen LogP contribution in [-0.4, -0.2) is 47.3 Å². The third-order valence-electron chi connectivity index (χ3n) is 5.95. The third kappa shape index (κ3) is 6.69. The van der Waals surface area contributed by atoms with Crippen molar-refractivity contribution in [2.45, 2.75) is 39.8 Å². The zero-order chi connectivity index (χ0) is 25.5. The summed E-state index contributed by atoms with van der Waals surface area (Å²) in [4.78, 5) is 19.6. The first-order valence-corrected chi connectivity index (χ1v) is 12.9. The van der Waals surface area contributed by atoms with E-state index >= 15 is 0 Å². The normalized spacial score (nSPS) is 16.1. The Morgan fingerprint density at radius 1 is 1.14 bits per heavy atom. The van der Waals surface area contributed by atoms with Crippen LogP contribution in [0.2, 0.25) is 10.0 Å². The highest BCUT2D eigenvalue weighted by Crippen LogP contribution is 2.30.